The average Bonchev–Trinajstić information content (AvgIpc) is 3.09. The van der Waals surface area contributed by atoms with Gasteiger partial charge in [-0.05, 0) is 29.9 Å². The molecule has 1 aliphatic rings. The number of thiocarbonyl (C=S) groups is 1. The minimum atomic E-state index is 0.192. The fourth-order valence-corrected chi connectivity index (χ4v) is 2.33. The van der Waals surface area contributed by atoms with Gasteiger partial charge in [0.05, 0.1) is 13.3 Å². The van der Waals surface area contributed by atoms with Crippen LogP contribution in [0.2, 0.25) is 0 Å². The lowest BCUT2D eigenvalue weighted by atomic mass is 10.2. The third kappa shape index (κ3) is 3.94. The molecular weight excluding hydrogens is 326 g/mol. The molecule has 24 heavy (non-hydrogen) atoms. The van der Waals surface area contributed by atoms with Gasteiger partial charge in [0.1, 0.15) is 0 Å². The van der Waals surface area contributed by atoms with E-state index in [1.165, 1.54) is 0 Å². The van der Waals surface area contributed by atoms with E-state index in [9.17, 15) is 0 Å². The maximum Gasteiger partial charge on any atom is 0.231 e. The Kier molecular flexibility index (Phi) is 5.12. The van der Waals surface area contributed by atoms with Gasteiger partial charge in [-0.1, -0.05) is 30.3 Å². The van der Waals surface area contributed by atoms with Gasteiger partial charge in [0.15, 0.2) is 16.6 Å². The highest BCUT2D eigenvalue weighted by Gasteiger charge is 2.19. The van der Waals surface area contributed by atoms with Crippen LogP contribution in [0.25, 0.3) is 0 Å². The van der Waals surface area contributed by atoms with Gasteiger partial charge in [-0.3, -0.25) is 5.43 Å². The first-order valence-corrected chi connectivity index (χ1v) is 7.75. The number of rotatable bonds is 5. The first-order valence-electron chi connectivity index (χ1n) is 7.35. The molecule has 3 rings (SSSR count). The first kappa shape index (κ1) is 16.1. The number of hydrogen-bond acceptors (Lipinski definition) is 5. The summed E-state index contributed by atoms with van der Waals surface area (Å²) in [6.45, 7) is 0.831. The van der Waals surface area contributed by atoms with Crippen molar-refractivity contribution in [3.63, 3.8) is 0 Å². The van der Waals surface area contributed by atoms with Crippen LogP contribution in [0.5, 0.6) is 17.2 Å². The van der Waals surface area contributed by atoms with E-state index in [-0.39, 0.29) is 6.79 Å². The summed E-state index contributed by atoms with van der Waals surface area (Å²) in [6.07, 6.45) is 1.64. The summed E-state index contributed by atoms with van der Waals surface area (Å²) in [5, 5.41) is 7.66. The Morgan fingerprint density at radius 3 is 2.92 bits per heavy atom. The van der Waals surface area contributed by atoms with Crippen molar-refractivity contribution < 1.29 is 14.2 Å². The van der Waals surface area contributed by atoms with Crippen molar-refractivity contribution in [3.8, 4) is 17.2 Å². The predicted octanol–water partition coefficient (Wildman–Crippen LogP) is 2.42. The quantitative estimate of drug-likeness (QED) is 0.494. The summed E-state index contributed by atoms with van der Waals surface area (Å²) < 4.78 is 16.0. The number of fused-ring (bicyclic) bond motifs is 1. The van der Waals surface area contributed by atoms with Crippen LogP contribution in [0.3, 0.4) is 0 Å². The van der Waals surface area contributed by atoms with E-state index in [4.69, 9.17) is 26.4 Å². The number of ether oxygens (including phenoxy) is 3. The Hall–Kier alpha value is -2.80. The summed E-state index contributed by atoms with van der Waals surface area (Å²) in [5.74, 6) is 1.86. The van der Waals surface area contributed by atoms with Crippen LogP contribution >= 0.6 is 12.2 Å². The Morgan fingerprint density at radius 2 is 2.12 bits per heavy atom. The summed E-state index contributed by atoms with van der Waals surface area (Å²) >= 11 is 5.19. The Labute approximate surface area is 145 Å². The van der Waals surface area contributed by atoms with E-state index in [2.05, 4.69) is 15.8 Å². The molecule has 0 spiro atoms. The molecule has 0 unspecified atom stereocenters. The van der Waals surface area contributed by atoms with Crippen LogP contribution in [0.4, 0.5) is 0 Å². The number of methoxy groups -OCH3 is 1. The summed E-state index contributed by atoms with van der Waals surface area (Å²) in [6, 6.07) is 13.6. The molecule has 0 amide bonds. The molecule has 0 fully saturated rings. The number of benzene rings is 2. The zero-order valence-corrected chi connectivity index (χ0v) is 13.9. The predicted molar refractivity (Wildman–Crippen MR) is 95.7 cm³/mol. The Bertz CT molecular complexity index is 750. The molecular formula is C17H17N3O3S. The molecule has 1 heterocycles. The van der Waals surface area contributed by atoms with Crippen molar-refractivity contribution >= 4 is 23.5 Å². The summed E-state index contributed by atoms with van der Waals surface area (Å²) in [7, 11) is 1.58. The van der Waals surface area contributed by atoms with Crippen LogP contribution in [-0.4, -0.2) is 25.2 Å². The Balaban J connectivity index is 1.55. The van der Waals surface area contributed by atoms with E-state index in [1.807, 2.05) is 42.5 Å². The van der Waals surface area contributed by atoms with Crippen LogP contribution in [0, 0.1) is 0 Å². The van der Waals surface area contributed by atoms with Crippen molar-refractivity contribution in [2.45, 2.75) is 6.54 Å². The molecule has 124 valence electrons. The maximum absolute atomic E-state index is 5.37. The summed E-state index contributed by atoms with van der Waals surface area (Å²) in [4.78, 5) is 0. The number of hydrazone groups is 1. The van der Waals surface area contributed by atoms with Crippen molar-refractivity contribution in [1.29, 1.82) is 0 Å². The molecule has 2 aromatic rings. The van der Waals surface area contributed by atoms with E-state index in [0.717, 1.165) is 11.1 Å². The lowest BCUT2D eigenvalue weighted by Gasteiger charge is -2.07. The Morgan fingerprint density at radius 1 is 1.29 bits per heavy atom. The van der Waals surface area contributed by atoms with Crippen LogP contribution in [0.15, 0.2) is 47.6 Å². The average molecular weight is 343 g/mol. The van der Waals surface area contributed by atoms with E-state index in [1.54, 1.807) is 13.3 Å². The number of nitrogens with one attached hydrogen (secondary N) is 2. The minimum absolute atomic E-state index is 0.192. The molecule has 2 N–H and O–H groups in total. The van der Waals surface area contributed by atoms with Crippen molar-refractivity contribution in [1.82, 2.24) is 10.7 Å². The topological polar surface area (TPSA) is 64.1 Å². The lowest BCUT2D eigenvalue weighted by Crippen LogP contribution is -2.31. The smallest absolute Gasteiger partial charge is 0.231 e. The third-order valence-corrected chi connectivity index (χ3v) is 3.59. The molecule has 0 aromatic heterocycles. The van der Waals surface area contributed by atoms with Crippen molar-refractivity contribution in [3.05, 3.63) is 53.6 Å². The largest absolute Gasteiger partial charge is 0.493 e. The van der Waals surface area contributed by atoms with Crippen LogP contribution in [-0.2, 0) is 6.54 Å². The lowest BCUT2D eigenvalue weighted by molar-refractivity contribution is 0.171. The SMILES string of the molecule is COc1cc(/C=N\NC(=S)NCc2ccccc2)cc2c1OCO2. The zero-order valence-electron chi connectivity index (χ0n) is 13.1. The van der Waals surface area contributed by atoms with Gasteiger partial charge in [0.25, 0.3) is 0 Å². The molecule has 6 nitrogen and oxygen atoms in total. The molecule has 0 radical (unpaired) electrons. The van der Waals surface area contributed by atoms with Crippen LogP contribution in [0.1, 0.15) is 11.1 Å². The number of nitrogens with zero attached hydrogens (tertiary/aromatic N) is 1. The van der Waals surface area contributed by atoms with Gasteiger partial charge in [0.2, 0.25) is 12.5 Å². The monoisotopic (exact) mass is 343 g/mol. The van der Waals surface area contributed by atoms with Gasteiger partial charge in [0, 0.05) is 12.1 Å². The van der Waals surface area contributed by atoms with Crippen molar-refractivity contribution in [2.75, 3.05) is 13.9 Å². The third-order valence-electron chi connectivity index (χ3n) is 3.36. The van der Waals surface area contributed by atoms with Gasteiger partial charge < -0.3 is 19.5 Å². The second-order valence-electron chi connectivity index (χ2n) is 5.00. The normalized spacial score (nSPS) is 12.2. The molecule has 0 saturated carbocycles. The van der Waals surface area contributed by atoms with E-state index >= 15 is 0 Å². The van der Waals surface area contributed by atoms with Crippen LogP contribution < -0.4 is 25.0 Å². The highest BCUT2D eigenvalue weighted by atomic mass is 32.1. The molecule has 0 atom stereocenters. The molecule has 0 bridgehead atoms. The van der Waals surface area contributed by atoms with Gasteiger partial charge >= 0.3 is 0 Å². The van der Waals surface area contributed by atoms with Gasteiger partial charge in [-0.25, -0.2) is 0 Å². The van der Waals surface area contributed by atoms with Crippen molar-refractivity contribution in [2.24, 2.45) is 5.10 Å². The highest BCUT2D eigenvalue weighted by molar-refractivity contribution is 7.80. The summed E-state index contributed by atoms with van der Waals surface area (Å²) in [5.41, 5.74) is 4.74. The molecule has 0 saturated heterocycles. The second kappa shape index (κ2) is 7.65. The minimum Gasteiger partial charge on any atom is -0.493 e. The molecule has 7 heteroatoms. The van der Waals surface area contributed by atoms with Gasteiger partial charge in [-0.15, -0.1) is 0 Å². The van der Waals surface area contributed by atoms with Gasteiger partial charge in [-0.2, -0.15) is 5.10 Å². The standard InChI is InChI=1S/C17H17N3O3S/c1-21-14-7-13(8-15-16(14)23-11-22-15)10-19-20-17(24)18-9-12-5-3-2-4-6-12/h2-8,10H,9,11H2,1H3,(H2,18,20,24)/b19-10-. The molecule has 2 aromatic carbocycles. The highest BCUT2D eigenvalue weighted by Crippen LogP contribution is 2.41. The molecule has 0 aliphatic carbocycles. The zero-order chi connectivity index (χ0) is 16.8. The molecule has 1 aliphatic heterocycles. The fraction of sp³-hybridized carbons (Fsp3) is 0.176. The fourth-order valence-electron chi connectivity index (χ4n) is 2.21. The van der Waals surface area contributed by atoms with E-state index < -0.39 is 0 Å². The first-order chi connectivity index (χ1) is 11.8. The second-order valence-corrected chi connectivity index (χ2v) is 5.40. The number of hydrogen-bond donors (Lipinski definition) is 2. The van der Waals surface area contributed by atoms with E-state index in [0.29, 0.717) is 28.9 Å². The maximum atomic E-state index is 5.37.